The van der Waals surface area contributed by atoms with Gasteiger partial charge in [0.2, 0.25) is 0 Å². The van der Waals surface area contributed by atoms with Gasteiger partial charge in [-0.1, -0.05) is 18.2 Å². The van der Waals surface area contributed by atoms with Crippen molar-refractivity contribution < 1.29 is 4.79 Å². The van der Waals surface area contributed by atoms with E-state index >= 15 is 0 Å². The molecule has 92 valence electrons. The summed E-state index contributed by atoms with van der Waals surface area (Å²) in [6, 6.07) is 14.4. The topological polar surface area (TPSA) is 67.1 Å². The van der Waals surface area contributed by atoms with Gasteiger partial charge in [-0.15, -0.1) is 0 Å². The summed E-state index contributed by atoms with van der Waals surface area (Å²) in [4.78, 5) is 11.8. The Labute approximate surface area is 106 Å². The highest BCUT2D eigenvalue weighted by Gasteiger charge is 2.04. The summed E-state index contributed by atoms with van der Waals surface area (Å²) in [6.07, 6.45) is 0. The van der Waals surface area contributed by atoms with Gasteiger partial charge in [-0.3, -0.25) is 0 Å². The summed E-state index contributed by atoms with van der Waals surface area (Å²) in [5.41, 5.74) is 8.77. The number of benzene rings is 2. The van der Waals surface area contributed by atoms with E-state index in [0.717, 1.165) is 16.9 Å². The van der Waals surface area contributed by atoms with Crippen molar-refractivity contribution in [3.05, 3.63) is 54.1 Å². The first-order chi connectivity index (χ1) is 8.65. The molecule has 0 atom stereocenters. The van der Waals surface area contributed by atoms with Crippen molar-refractivity contribution in [1.82, 2.24) is 0 Å². The van der Waals surface area contributed by atoms with Crippen LogP contribution in [0.2, 0.25) is 0 Å². The van der Waals surface area contributed by atoms with Crippen LogP contribution in [0.5, 0.6) is 0 Å². The van der Waals surface area contributed by atoms with E-state index in [2.05, 4.69) is 10.6 Å². The van der Waals surface area contributed by atoms with Gasteiger partial charge in [-0.2, -0.15) is 0 Å². The van der Waals surface area contributed by atoms with E-state index in [4.69, 9.17) is 5.73 Å². The van der Waals surface area contributed by atoms with Crippen molar-refractivity contribution in [2.75, 3.05) is 16.4 Å². The summed E-state index contributed by atoms with van der Waals surface area (Å²) in [5, 5.41) is 5.53. The molecule has 4 nitrogen and oxygen atoms in total. The van der Waals surface area contributed by atoms with Gasteiger partial charge < -0.3 is 16.4 Å². The van der Waals surface area contributed by atoms with E-state index < -0.39 is 0 Å². The normalized spacial score (nSPS) is 9.83. The average molecular weight is 241 g/mol. The molecular formula is C14H15N3O. The van der Waals surface area contributed by atoms with Crippen molar-refractivity contribution in [3.63, 3.8) is 0 Å². The van der Waals surface area contributed by atoms with Crippen LogP contribution < -0.4 is 16.4 Å². The maximum atomic E-state index is 11.8. The van der Waals surface area contributed by atoms with Gasteiger partial charge in [0.05, 0.1) is 0 Å². The number of para-hydroxylation sites is 1. The molecule has 0 fully saturated rings. The second kappa shape index (κ2) is 5.23. The van der Waals surface area contributed by atoms with Crippen molar-refractivity contribution >= 4 is 23.1 Å². The van der Waals surface area contributed by atoms with Crippen molar-refractivity contribution in [3.8, 4) is 0 Å². The Hall–Kier alpha value is -2.49. The Kier molecular flexibility index (Phi) is 3.48. The lowest BCUT2D eigenvalue weighted by molar-refractivity contribution is 0.262. The first kappa shape index (κ1) is 12.0. The molecule has 0 aromatic heterocycles. The van der Waals surface area contributed by atoms with Crippen LogP contribution in [0.1, 0.15) is 5.56 Å². The van der Waals surface area contributed by atoms with E-state index in [1.165, 1.54) is 0 Å². The summed E-state index contributed by atoms with van der Waals surface area (Å²) < 4.78 is 0. The third kappa shape index (κ3) is 3.01. The predicted octanol–water partition coefficient (Wildman–Crippen LogP) is 3.22. The lowest BCUT2D eigenvalue weighted by Crippen LogP contribution is -2.19. The SMILES string of the molecule is Cc1cc(N)ccc1NC(=O)Nc1ccccc1. The van der Waals surface area contributed by atoms with E-state index in [1.54, 1.807) is 12.1 Å². The largest absolute Gasteiger partial charge is 0.399 e. The maximum absolute atomic E-state index is 11.8. The first-order valence-electron chi connectivity index (χ1n) is 5.64. The fourth-order valence-electron chi connectivity index (χ4n) is 1.63. The molecule has 0 unspecified atom stereocenters. The Bertz CT molecular complexity index is 552. The fourth-order valence-corrected chi connectivity index (χ4v) is 1.63. The monoisotopic (exact) mass is 241 g/mol. The van der Waals surface area contributed by atoms with E-state index in [1.807, 2.05) is 43.3 Å². The van der Waals surface area contributed by atoms with Gasteiger partial charge in [0.25, 0.3) is 0 Å². The molecule has 4 N–H and O–H groups in total. The number of hydrogen-bond donors (Lipinski definition) is 3. The standard InChI is InChI=1S/C14H15N3O/c1-10-9-11(15)7-8-13(10)17-14(18)16-12-5-3-2-4-6-12/h2-9H,15H2,1H3,(H2,16,17,18). The van der Waals surface area contributed by atoms with E-state index in [0.29, 0.717) is 5.69 Å². The number of hydrogen-bond acceptors (Lipinski definition) is 2. The van der Waals surface area contributed by atoms with Gasteiger partial charge in [0.1, 0.15) is 0 Å². The number of rotatable bonds is 2. The van der Waals surface area contributed by atoms with Crippen LogP contribution in [0.3, 0.4) is 0 Å². The number of nitrogens with one attached hydrogen (secondary N) is 2. The molecule has 2 aromatic rings. The number of nitrogens with two attached hydrogens (primary N) is 1. The fraction of sp³-hybridized carbons (Fsp3) is 0.0714. The average Bonchev–Trinajstić information content (AvgIpc) is 2.34. The summed E-state index contributed by atoms with van der Waals surface area (Å²) in [5.74, 6) is 0. The number of nitrogen functional groups attached to an aromatic ring is 1. The quantitative estimate of drug-likeness (QED) is 0.707. The number of amides is 2. The van der Waals surface area contributed by atoms with Gasteiger partial charge >= 0.3 is 6.03 Å². The van der Waals surface area contributed by atoms with Crippen LogP contribution in [-0.4, -0.2) is 6.03 Å². The van der Waals surface area contributed by atoms with Crippen molar-refractivity contribution in [2.24, 2.45) is 0 Å². The number of carbonyl (C=O) groups excluding carboxylic acids is 1. The molecule has 0 radical (unpaired) electrons. The van der Waals surface area contributed by atoms with Gasteiger partial charge in [0, 0.05) is 17.1 Å². The van der Waals surface area contributed by atoms with Gasteiger partial charge in [-0.05, 0) is 42.8 Å². The number of urea groups is 1. The molecule has 0 saturated carbocycles. The lowest BCUT2D eigenvalue weighted by atomic mass is 10.2. The summed E-state index contributed by atoms with van der Waals surface area (Å²) in [7, 11) is 0. The van der Waals surface area contributed by atoms with Crippen LogP contribution in [0, 0.1) is 6.92 Å². The molecule has 2 aromatic carbocycles. The Morgan fingerprint density at radius 3 is 2.44 bits per heavy atom. The summed E-state index contributed by atoms with van der Waals surface area (Å²) in [6.45, 7) is 1.90. The first-order valence-corrected chi connectivity index (χ1v) is 5.64. The van der Waals surface area contributed by atoms with Crippen molar-refractivity contribution in [2.45, 2.75) is 6.92 Å². The minimum Gasteiger partial charge on any atom is -0.399 e. The van der Waals surface area contributed by atoms with Crippen LogP contribution in [0.4, 0.5) is 21.9 Å². The van der Waals surface area contributed by atoms with Crippen LogP contribution in [0.25, 0.3) is 0 Å². The zero-order valence-electron chi connectivity index (χ0n) is 10.1. The third-order valence-electron chi connectivity index (χ3n) is 2.53. The minimum atomic E-state index is -0.269. The molecule has 0 aliphatic heterocycles. The lowest BCUT2D eigenvalue weighted by Gasteiger charge is -2.10. The van der Waals surface area contributed by atoms with Crippen LogP contribution in [-0.2, 0) is 0 Å². The zero-order valence-corrected chi connectivity index (χ0v) is 10.1. The minimum absolute atomic E-state index is 0.269. The second-order valence-corrected chi connectivity index (χ2v) is 4.02. The van der Waals surface area contributed by atoms with E-state index in [-0.39, 0.29) is 6.03 Å². The Morgan fingerprint density at radius 1 is 1.06 bits per heavy atom. The molecule has 0 heterocycles. The number of carbonyl (C=O) groups is 1. The highest BCUT2D eigenvalue weighted by Crippen LogP contribution is 2.17. The molecule has 2 amide bonds. The zero-order chi connectivity index (χ0) is 13.0. The molecule has 0 aliphatic rings. The molecule has 4 heteroatoms. The van der Waals surface area contributed by atoms with Crippen LogP contribution >= 0.6 is 0 Å². The maximum Gasteiger partial charge on any atom is 0.323 e. The Morgan fingerprint density at radius 2 is 1.78 bits per heavy atom. The Balaban J connectivity index is 2.03. The van der Waals surface area contributed by atoms with Crippen LogP contribution in [0.15, 0.2) is 48.5 Å². The molecule has 0 aliphatic carbocycles. The smallest absolute Gasteiger partial charge is 0.323 e. The van der Waals surface area contributed by atoms with E-state index in [9.17, 15) is 4.79 Å². The van der Waals surface area contributed by atoms with Crippen molar-refractivity contribution in [1.29, 1.82) is 0 Å². The molecule has 2 rings (SSSR count). The number of aryl methyl sites for hydroxylation is 1. The third-order valence-corrected chi connectivity index (χ3v) is 2.53. The van der Waals surface area contributed by atoms with Gasteiger partial charge in [0.15, 0.2) is 0 Å². The highest BCUT2D eigenvalue weighted by molar-refractivity contribution is 6.00. The molecule has 0 spiro atoms. The summed E-state index contributed by atoms with van der Waals surface area (Å²) >= 11 is 0. The molecule has 0 bridgehead atoms. The predicted molar refractivity (Wildman–Crippen MR) is 74.7 cm³/mol. The number of anilines is 3. The van der Waals surface area contributed by atoms with Gasteiger partial charge in [-0.25, -0.2) is 4.79 Å². The molecule has 18 heavy (non-hydrogen) atoms. The molecular weight excluding hydrogens is 226 g/mol. The highest BCUT2D eigenvalue weighted by atomic mass is 16.2. The second-order valence-electron chi connectivity index (χ2n) is 4.02. The molecule has 0 saturated heterocycles.